The van der Waals surface area contributed by atoms with Gasteiger partial charge in [0.1, 0.15) is 11.4 Å². The van der Waals surface area contributed by atoms with Gasteiger partial charge in [-0.15, -0.1) is 28.2 Å². The number of carboxylic acid groups (broad SMARTS) is 1. The summed E-state index contributed by atoms with van der Waals surface area (Å²) in [5, 5.41) is 46.0. The van der Waals surface area contributed by atoms with Crippen molar-refractivity contribution in [2.75, 3.05) is 18.1 Å². The number of nitrogens with zero attached hydrogens (tertiary/aromatic N) is 5. The van der Waals surface area contributed by atoms with Gasteiger partial charge >= 0.3 is 29.6 Å². The van der Waals surface area contributed by atoms with Crippen molar-refractivity contribution in [3.8, 4) is 0 Å². The molecule has 4 heterocycles. The van der Waals surface area contributed by atoms with E-state index in [1.54, 1.807) is 0 Å². The minimum absolute atomic E-state index is 0. The maximum Gasteiger partial charge on any atom is 1.00 e. The third-order valence-corrected chi connectivity index (χ3v) is 8.20. The summed E-state index contributed by atoms with van der Waals surface area (Å²) in [5.74, 6) is -1.76. The molecule has 34 heavy (non-hydrogen) atoms. The van der Waals surface area contributed by atoms with E-state index in [1.165, 1.54) is 27.8 Å². The van der Waals surface area contributed by atoms with E-state index in [1.807, 2.05) is 17.5 Å². The van der Waals surface area contributed by atoms with Crippen LogP contribution in [0.1, 0.15) is 4.88 Å². The van der Waals surface area contributed by atoms with Gasteiger partial charge in [-0.05, 0) is 27.4 Å². The largest absolute Gasteiger partial charge is 1.00 e. The van der Waals surface area contributed by atoms with E-state index < -0.39 is 36.0 Å². The number of carboxylic acids is 1. The number of fused-ring (bicyclic) bond motifs is 1. The van der Waals surface area contributed by atoms with E-state index in [9.17, 15) is 24.6 Å². The molecule has 3 N–H and O–H groups in total. The molecule has 0 aromatic carbocycles. The first-order valence-corrected chi connectivity index (χ1v) is 12.7. The zero-order valence-electron chi connectivity index (χ0n) is 18.0. The van der Waals surface area contributed by atoms with Crippen LogP contribution in [0.15, 0.2) is 33.9 Å². The quantitative estimate of drug-likeness (QED) is 0.151. The summed E-state index contributed by atoms with van der Waals surface area (Å²) in [6.07, 6.45) is -0.883. The molecule has 2 aliphatic heterocycles. The predicted octanol–water partition coefficient (Wildman–Crippen LogP) is -5.17. The molecule has 2 aliphatic rings. The number of thiophene rings is 1. The Labute approximate surface area is 228 Å². The Morgan fingerprint density at radius 2 is 2.21 bits per heavy atom. The zero-order valence-corrected chi connectivity index (χ0v) is 22.4. The van der Waals surface area contributed by atoms with Crippen LogP contribution < -0.4 is 40.0 Å². The number of tetrazole rings is 1. The first kappa shape index (κ1) is 27.1. The Balaban J connectivity index is 0.00000324. The van der Waals surface area contributed by atoms with Gasteiger partial charge < -0.3 is 25.4 Å². The second-order valence-electron chi connectivity index (χ2n) is 7.22. The Kier molecular flexibility index (Phi) is 9.57. The number of β-lactam (4-membered cyclic amide) rings is 1. The van der Waals surface area contributed by atoms with Gasteiger partial charge in [-0.25, -0.2) is 4.68 Å². The first-order chi connectivity index (χ1) is 15.9. The van der Waals surface area contributed by atoms with E-state index in [4.69, 9.17) is 5.11 Å². The van der Waals surface area contributed by atoms with Gasteiger partial charge in [0.2, 0.25) is 11.1 Å². The number of aliphatic carboxylic acids is 1. The second kappa shape index (κ2) is 12.0. The van der Waals surface area contributed by atoms with Crippen molar-refractivity contribution in [1.82, 2.24) is 30.4 Å². The zero-order chi connectivity index (χ0) is 23.5. The summed E-state index contributed by atoms with van der Waals surface area (Å²) >= 11 is 3.94. The topological polar surface area (TPSA) is 174 Å². The van der Waals surface area contributed by atoms with Crippen LogP contribution in [0, 0.1) is 0 Å². The van der Waals surface area contributed by atoms with Crippen LogP contribution in [0.2, 0.25) is 0 Å². The van der Waals surface area contributed by atoms with Crippen molar-refractivity contribution in [1.29, 1.82) is 0 Å². The molecule has 0 aliphatic carbocycles. The third-order valence-electron chi connectivity index (χ3n) is 4.94. The number of hydrogen-bond acceptors (Lipinski definition) is 12. The molecule has 2 aromatic rings. The number of rotatable bonds is 10. The van der Waals surface area contributed by atoms with Crippen LogP contribution in [0.25, 0.3) is 0 Å². The summed E-state index contributed by atoms with van der Waals surface area (Å²) in [7, 11) is 0. The molecule has 1 fully saturated rings. The van der Waals surface area contributed by atoms with Crippen molar-refractivity contribution in [3.05, 3.63) is 33.7 Å². The third kappa shape index (κ3) is 5.84. The number of aliphatic hydroxyl groups excluding tert-OH is 2. The summed E-state index contributed by atoms with van der Waals surface area (Å²) in [6, 6.07) is 2.87. The van der Waals surface area contributed by atoms with Crippen LogP contribution in [0.3, 0.4) is 0 Å². The van der Waals surface area contributed by atoms with Crippen molar-refractivity contribution >= 4 is 52.6 Å². The molecular weight excluding hydrogens is 515 g/mol. The molecule has 4 rings (SSSR count). The fraction of sp³-hybridized carbons (Fsp3) is 0.444. The van der Waals surface area contributed by atoms with Crippen LogP contribution in [0.5, 0.6) is 0 Å². The molecule has 1 saturated heterocycles. The number of carbonyl (C=O) groups excluding carboxylic acids is 3. The van der Waals surface area contributed by atoms with E-state index >= 15 is 0 Å². The number of amides is 2. The van der Waals surface area contributed by atoms with Crippen LogP contribution in [0.4, 0.5) is 0 Å². The Morgan fingerprint density at radius 1 is 1.41 bits per heavy atom. The average molecular weight is 535 g/mol. The minimum Gasteiger partial charge on any atom is -0.543 e. The fourth-order valence-electron chi connectivity index (χ4n) is 3.40. The van der Waals surface area contributed by atoms with Gasteiger partial charge in [-0.1, -0.05) is 17.8 Å². The van der Waals surface area contributed by atoms with Crippen molar-refractivity contribution in [3.63, 3.8) is 0 Å². The molecule has 16 heteroatoms. The summed E-state index contributed by atoms with van der Waals surface area (Å²) in [5.41, 5.74) is 0.268. The normalized spacial score (nSPS) is 20.3. The van der Waals surface area contributed by atoms with Gasteiger partial charge in [0.25, 0.3) is 5.91 Å². The summed E-state index contributed by atoms with van der Waals surface area (Å²) in [4.78, 5) is 38.9. The number of hydrogen-bond donors (Lipinski definition) is 3. The van der Waals surface area contributed by atoms with Gasteiger partial charge in [0.15, 0.2) is 0 Å². The molecular formula is C18H19N6NaO6S3. The maximum atomic E-state index is 12.7. The molecule has 0 spiro atoms. The molecule has 2 unspecified atom stereocenters. The van der Waals surface area contributed by atoms with Crippen molar-refractivity contribution < 1.29 is 59.3 Å². The monoisotopic (exact) mass is 534 g/mol. The molecule has 12 nitrogen and oxygen atoms in total. The minimum atomic E-state index is -1.47. The summed E-state index contributed by atoms with van der Waals surface area (Å²) in [6.45, 7) is -0.476. The number of thioether (sulfide) groups is 2. The van der Waals surface area contributed by atoms with Crippen LogP contribution >= 0.6 is 34.9 Å². The number of aromatic nitrogens is 4. The SMILES string of the molecule is O=C(Cc1cccs1)NC1C(=O)N2C(C(=O)[O-])=C(CSc3nnnn3CC(O)CO)CS[C@H]12.[Na+]. The van der Waals surface area contributed by atoms with E-state index in [0.29, 0.717) is 16.5 Å². The summed E-state index contributed by atoms with van der Waals surface area (Å²) < 4.78 is 1.30. The predicted molar refractivity (Wildman–Crippen MR) is 117 cm³/mol. The molecule has 2 aromatic heterocycles. The molecule has 3 atom stereocenters. The Hall–Kier alpha value is -1.46. The maximum absolute atomic E-state index is 12.7. The Bertz CT molecular complexity index is 1080. The Morgan fingerprint density at radius 3 is 2.88 bits per heavy atom. The van der Waals surface area contributed by atoms with Gasteiger partial charge in [-0.3, -0.25) is 14.5 Å². The fourth-order valence-corrected chi connectivity index (χ4v) is 6.48. The van der Waals surface area contributed by atoms with E-state index in [2.05, 4.69) is 20.8 Å². The number of nitrogens with one attached hydrogen (secondary N) is 1. The van der Waals surface area contributed by atoms with Crippen molar-refractivity contribution in [2.24, 2.45) is 0 Å². The van der Waals surface area contributed by atoms with E-state index in [-0.39, 0.29) is 59.9 Å². The molecule has 0 bridgehead atoms. The van der Waals surface area contributed by atoms with Gasteiger partial charge in [-0.2, -0.15) is 0 Å². The second-order valence-corrected chi connectivity index (χ2v) is 10.3. The van der Waals surface area contributed by atoms with Crippen LogP contribution in [-0.2, 0) is 27.3 Å². The smallest absolute Gasteiger partial charge is 0.543 e. The number of carbonyl (C=O) groups is 3. The average Bonchev–Trinajstić information content (AvgIpc) is 3.47. The molecule has 2 amide bonds. The van der Waals surface area contributed by atoms with Crippen LogP contribution in [-0.4, -0.2) is 88.7 Å². The molecule has 0 radical (unpaired) electrons. The molecule has 176 valence electrons. The van der Waals surface area contributed by atoms with Crippen molar-refractivity contribution in [2.45, 2.75) is 35.6 Å². The number of aliphatic hydroxyl groups is 2. The van der Waals surface area contributed by atoms with Gasteiger partial charge in [0, 0.05) is 16.4 Å². The van der Waals surface area contributed by atoms with Gasteiger partial charge in [0.05, 0.1) is 37.3 Å². The first-order valence-electron chi connectivity index (χ1n) is 9.76. The van der Waals surface area contributed by atoms with E-state index in [0.717, 1.165) is 21.5 Å². The molecule has 0 saturated carbocycles. The standard InChI is InChI=1S/C18H20N6O6S3.Na/c25-6-10(26)5-23-18(20-21-22-23)33-8-9-7-32-16-13(15(28)24(16)14(9)17(29)30)19-12(27)4-11-2-1-3-31-11;/h1-3,10,13,16,25-26H,4-8H2,(H,19,27)(H,29,30);/q;+1/p-1/t10?,13?,16-;/m1./s1.